The number of hydrogen-bond acceptors (Lipinski definition) is 5. The van der Waals surface area contributed by atoms with Crippen molar-refractivity contribution in [3.8, 4) is 11.5 Å². The molecule has 0 unspecified atom stereocenters. The maximum Gasteiger partial charge on any atom is 0.446 e. The minimum Gasteiger partial charge on any atom is -0.486 e. The molecule has 10 heteroatoms. The maximum atomic E-state index is 12.4. The van der Waals surface area contributed by atoms with Crippen molar-refractivity contribution in [2.75, 3.05) is 18.5 Å². The molecule has 1 aliphatic rings. The fourth-order valence-corrected chi connectivity index (χ4v) is 2.89. The highest BCUT2D eigenvalue weighted by atomic mass is 32.2. The Bertz CT molecular complexity index is 873. The summed E-state index contributed by atoms with van der Waals surface area (Å²) in [5.41, 5.74) is -4.14. The molecule has 142 valence electrons. The van der Waals surface area contributed by atoms with E-state index in [9.17, 15) is 22.8 Å². The predicted octanol–water partition coefficient (Wildman–Crippen LogP) is 4.03. The molecule has 1 heterocycles. The monoisotopic (exact) mass is 398 g/mol. The van der Waals surface area contributed by atoms with Gasteiger partial charge >= 0.3 is 11.5 Å². The summed E-state index contributed by atoms with van der Waals surface area (Å²) in [7, 11) is 0. The first-order chi connectivity index (χ1) is 12.8. The Hall–Kier alpha value is -2.88. The van der Waals surface area contributed by atoms with Gasteiger partial charge in [-0.25, -0.2) is 4.79 Å². The normalized spacial score (nSPS) is 13.0. The fraction of sp³-hybridized carbons (Fsp3) is 0.176. The van der Waals surface area contributed by atoms with Gasteiger partial charge in [-0.3, -0.25) is 10.1 Å². The highest BCUT2D eigenvalue weighted by Gasteiger charge is 2.29. The molecule has 2 N–H and O–H groups in total. The number of alkyl halides is 3. The lowest BCUT2D eigenvalue weighted by atomic mass is 10.2. The summed E-state index contributed by atoms with van der Waals surface area (Å²) in [6, 6.07) is 8.80. The van der Waals surface area contributed by atoms with Gasteiger partial charge in [0, 0.05) is 16.1 Å². The standard InChI is InChI=1S/C17H13F3N2O4S/c18-17(19,20)27-12-3-1-2-11(9-12)21-16(24)22-15(23)10-4-5-13-14(8-10)26-7-6-25-13/h1-5,8-9H,6-7H2,(H2,21,22,23,24). The number of ether oxygens (including phenoxy) is 2. The molecular formula is C17H13F3N2O4S. The van der Waals surface area contributed by atoms with E-state index in [2.05, 4.69) is 10.6 Å². The highest BCUT2D eigenvalue weighted by Crippen LogP contribution is 2.37. The molecule has 1 aliphatic heterocycles. The molecule has 0 fully saturated rings. The van der Waals surface area contributed by atoms with Crippen LogP contribution in [0.5, 0.6) is 11.5 Å². The molecule has 0 aliphatic carbocycles. The van der Waals surface area contributed by atoms with Gasteiger partial charge in [-0.1, -0.05) is 6.07 Å². The summed E-state index contributed by atoms with van der Waals surface area (Å²) in [4.78, 5) is 24.0. The second-order valence-corrected chi connectivity index (χ2v) is 6.48. The number of benzene rings is 2. The molecule has 0 atom stereocenters. The third kappa shape index (κ3) is 5.30. The number of halogens is 3. The minimum atomic E-state index is -4.44. The van der Waals surface area contributed by atoms with E-state index in [1.165, 1.54) is 30.3 Å². The van der Waals surface area contributed by atoms with Crippen molar-refractivity contribution in [2.45, 2.75) is 10.4 Å². The number of fused-ring (bicyclic) bond motifs is 1. The van der Waals surface area contributed by atoms with E-state index < -0.39 is 17.4 Å². The Morgan fingerprint density at radius 1 is 1.00 bits per heavy atom. The van der Waals surface area contributed by atoms with Crippen LogP contribution in [0.3, 0.4) is 0 Å². The van der Waals surface area contributed by atoms with Crippen LogP contribution in [0.25, 0.3) is 0 Å². The van der Waals surface area contributed by atoms with Gasteiger partial charge in [0.25, 0.3) is 5.91 Å². The van der Waals surface area contributed by atoms with Crippen LogP contribution in [0.15, 0.2) is 47.4 Å². The van der Waals surface area contributed by atoms with Crippen LogP contribution in [-0.2, 0) is 0 Å². The molecule has 2 aromatic rings. The van der Waals surface area contributed by atoms with E-state index in [4.69, 9.17) is 9.47 Å². The zero-order valence-electron chi connectivity index (χ0n) is 13.6. The van der Waals surface area contributed by atoms with E-state index in [1.54, 1.807) is 6.07 Å². The molecular weight excluding hydrogens is 385 g/mol. The van der Waals surface area contributed by atoms with Gasteiger partial charge in [0.2, 0.25) is 0 Å². The summed E-state index contributed by atoms with van der Waals surface area (Å²) in [5.74, 6) is 0.206. The molecule has 0 bridgehead atoms. The number of carbonyl (C=O) groups is 2. The second kappa shape index (κ2) is 7.78. The Labute approximate surface area is 156 Å². The molecule has 6 nitrogen and oxygen atoms in total. The van der Waals surface area contributed by atoms with Crippen molar-refractivity contribution in [3.05, 3.63) is 48.0 Å². The van der Waals surface area contributed by atoms with Crippen molar-refractivity contribution in [1.29, 1.82) is 0 Å². The van der Waals surface area contributed by atoms with Gasteiger partial charge in [0.1, 0.15) is 13.2 Å². The molecule has 0 aromatic heterocycles. The van der Waals surface area contributed by atoms with Crippen molar-refractivity contribution in [1.82, 2.24) is 5.32 Å². The number of carbonyl (C=O) groups excluding carboxylic acids is 2. The summed E-state index contributed by atoms with van der Waals surface area (Å²) >= 11 is -0.299. The molecule has 0 saturated heterocycles. The first-order valence-electron chi connectivity index (χ1n) is 7.68. The molecule has 27 heavy (non-hydrogen) atoms. The van der Waals surface area contributed by atoms with Gasteiger partial charge in [0.15, 0.2) is 11.5 Å². The van der Waals surface area contributed by atoms with Crippen molar-refractivity contribution >= 4 is 29.4 Å². The average molecular weight is 398 g/mol. The lowest BCUT2D eigenvalue weighted by molar-refractivity contribution is -0.0328. The number of hydrogen-bond donors (Lipinski definition) is 2. The summed E-state index contributed by atoms with van der Waals surface area (Å²) < 4.78 is 48.0. The SMILES string of the molecule is O=C(NC(=O)c1ccc2c(c1)OCCO2)Nc1cccc(SC(F)(F)F)c1. The Morgan fingerprint density at radius 2 is 1.74 bits per heavy atom. The number of rotatable bonds is 3. The van der Waals surface area contributed by atoms with Crippen LogP contribution in [0, 0.1) is 0 Å². The summed E-state index contributed by atoms with van der Waals surface area (Å²) in [5, 5.41) is 4.43. The number of thioether (sulfide) groups is 1. The van der Waals surface area contributed by atoms with Crippen LogP contribution < -0.4 is 20.1 Å². The van der Waals surface area contributed by atoms with Crippen LogP contribution in [0.1, 0.15) is 10.4 Å². The van der Waals surface area contributed by atoms with Crippen LogP contribution >= 0.6 is 11.8 Å². The third-order valence-electron chi connectivity index (χ3n) is 3.36. The predicted molar refractivity (Wildman–Crippen MR) is 92.3 cm³/mol. The quantitative estimate of drug-likeness (QED) is 0.764. The maximum absolute atomic E-state index is 12.4. The van der Waals surface area contributed by atoms with Crippen molar-refractivity contribution in [3.63, 3.8) is 0 Å². The van der Waals surface area contributed by atoms with Crippen LogP contribution in [0.2, 0.25) is 0 Å². The van der Waals surface area contributed by atoms with Gasteiger partial charge < -0.3 is 14.8 Å². The molecule has 0 radical (unpaired) electrons. The van der Waals surface area contributed by atoms with Gasteiger partial charge in [0.05, 0.1) is 0 Å². The molecule has 2 aromatic carbocycles. The average Bonchev–Trinajstić information content (AvgIpc) is 2.60. The second-order valence-electron chi connectivity index (χ2n) is 5.34. The third-order valence-corrected chi connectivity index (χ3v) is 4.08. The topological polar surface area (TPSA) is 76.7 Å². The molecule has 3 amide bonds. The Kier molecular flexibility index (Phi) is 5.45. The summed E-state index contributed by atoms with van der Waals surface area (Å²) in [6.07, 6.45) is 0. The smallest absolute Gasteiger partial charge is 0.446 e. The van der Waals surface area contributed by atoms with Crippen LogP contribution in [-0.4, -0.2) is 30.7 Å². The Morgan fingerprint density at radius 3 is 2.48 bits per heavy atom. The molecule has 3 rings (SSSR count). The molecule has 0 spiro atoms. The number of nitrogens with one attached hydrogen (secondary N) is 2. The zero-order valence-corrected chi connectivity index (χ0v) is 14.4. The van der Waals surface area contributed by atoms with Crippen molar-refractivity contribution < 1.29 is 32.2 Å². The number of anilines is 1. The van der Waals surface area contributed by atoms with E-state index in [0.29, 0.717) is 24.7 Å². The number of imide groups is 1. The lowest BCUT2D eigenvalue weighted by Crippen LogP contribution is -2.34. The minimum absolute atomic E-state index is 0.0848. The first-order valence-corrected chi connectivity index (χ1v) is 8.49. The van der Waals surface area contributed by atoms with E-state index in [-0.39, 0.29) is 27.9 Å². The van der Waals surface area contributed by atoms with Crippen molar-refractivity contribution in [2.24, 2.45) is 0 Å². The van der Waals surface area contributed by atoms with E-state index in [1.807, 2.05) is 0 Å². The number of amides is 3. The van der Waals surface area contributed by atoms with Gasteiger partial charge in [-0.15, -0.1) is 0 Å². The fourth-order valence-electron chi connectivity index (χ4n) is 2.29. The summed E-state index contributed by atoms with van der Waals surface area (Å²) in [6.45, 7) is 0.761. The largest absolute Gasteiger partial charge is 0.486 e. The number of urea groups is 1. The van der Waals surface area contributed by atoms with E-state index in [0.717, 1.165) is 6.07 Å². The molecule has 0 saturated carbocycles. The van der Waals surface area contributed by atoms with Gasteiger partial charge in [-0.2, -0.15) is 13.2 Å². The zero-order chi connectivity index (χ0) is 19.4. The highest BCUT2D eigenvalue weighted by molar-refractivity contribution is 8.00. The Balaban J connectivity index is 1.62. The van der Waals surface area contributed by atoms with Crippen LogP contribution in [0.4, 0.5) is 23.7 Å². The van der Waals surface area contributed by atoms with Gasteiger partial charge in [-0.05, 0) is 48.2 Å². The first kappa shape index (κ1) is 18.9. The van der Waals surface area contributed by atoms with E-state index >= 15 is 0 Å². The lowest BCUT2D eigenvalue weighted by Gasteiger charge is -2.18.